The fourth-order valence-electron chi connectivity index (χ4n) is 3.70. The standard InChI is InChI=1S/C23H28F3N3O3/c1-16(17-5-4-6-19(13-17)23(24,25)26)27-22(30)29-11-9-28(10-12-29)15-18-14-20(31-2)7-8-21(18)32-3/h4-8,13-14,16H,9-12,15H2,1-3H3,(H,27,30). The monoisotopic (exact) mass is 451 g/mol. The largest absolute Gasteiger partial charge is 0.497 e. The zero-order valence-corrected chi connectivity index (χ0v) is 18.4. The highest BCUT2D eigenvalue weighted by atomic mass is 19.4. The van der Waals surface area contributed by atoms with Crippen LogP contribution in [0.15, 0.2) is 42.5 Å². The third-order valence-electron chi connectivity index (χ3n) is 5.59. The van der Waals surface area contributed by atoms with E-state index < -0.39 is 17.8 Å². The molecular weight excluding hydrogens is 423 g/mol. The third kappa shape index (κ3) is 5.85. The topological polar surface area (TPSA) is 54.0 Å². The Balaban J connectivity index is 1.55. The zero-order valence-electron chi connectivity index (χ0n) is 18.4. The van der Waals surface area contributed by atoms with E-state index >= 15 is 0 Å². The highest BCUT2D eigenvalue weighted by molar-refractivity contribution is 5.74. The number of methoxy groups -OCH3 is 2. The lowest BCUT2D eigenvalue weighted by atomic mass is 10.1. The van der Waals surface area contributed by atoms with E-state index in [1.165, 1.54) is 6.07 Å². The van der Waals surface area contributed by atoms with Crippen molar-refractivity contribution in [1.29, 1.82) is 0 Å². The molecule has 0 saturated carbocycles. The first-order chi connectivity index (χ1) is 15.2. The molecule has 0 radical (unpaired) electrons. The highest BCUT2D eigenvalue weighted by Crippen LogP contribution is 2.31. The summed E-state index contributed by atoms with van der Waals surface area (Å²) in [6.45, 7) is 4.73. The van der Waals surface area contributed by atoms with Crippen LogP contribution in [0.3, 0.4) is 0 Å². The van der Waals surface area contributed by atoms with Crippen LogP contribution in [0.4, 0.5) is 18.0 Å². The van der Waals surface area contributed by atoms with Gasteiger partial charge in [0.05, 0.1) is 25.8 Å². The van der Waals surface area contributed by atoms with Crippen LogP contribution >= 0.6 is 0 Å². The fourth-order valence-corrected chi connectivity index (χ4v) is 3.70. The van der Waals surface area contributed by atoms with E-state index in [1.807, 2.05) is 18.2 Å². The minimum Gasteiger partial charge on any atom is -0.497 e. The molecule has 3 rings (SSSR count). The highest BCUT2D eigenvalue weighted by Gasteiger charge is 2.31. The van der Waals surface area contributed by atoms with Gasteiger partial charge in [-0.2, -0.15) is 13.2 Å². The molecule has 1 unspecified atom stereocenters. The van der Waals surface area contributed by atoms with Gasteiger partial charge in [0.25, 0.3) is 0 Å². The number of alkyl halides is 3. The molecule has 1 saturated heterocycles. The quantitative estimate of drug-likeness (QED) is 0.711. The Morgan fingerprint density at radius 2 is 1.78 bits per heavy atom. The fraction of sp³-hybridized carbons (Fsp3) is 0.435. The summed E-state index contributed by atoms with van der Waals surface area (Å²) in [5.41, 5.74) is 0.692. The summed E-state index contributed by atoms with van der Waals surface area (Å²) in [6, 6.07) is 9.86. The Bertz CT molecular complexity index is 928. The van der Waals surface area contributed by atoms with Crippen LogP contribution in [0.1, 0.15) is 29.7 Å². The number of rotatable bonds is 6. The van der Waals surface area contributed by atoms with Crippen LogP contribution in [-0.2, 0) is 12.7 Å². The molecule has 0 bridgehead atoms. The summed E-state index contributed by atoms with van der Waals surface area (Å²) in [6.07, 6.45) is -4.42. The molecule has 2 aromatic carbocycles. The minimum absolute atomic E-state index is 0.284. The molecule has 9 heteroatoms. The number of carbonyl (C=O) groups is 1. The average molecular weight is 451 g/mol. The lowest BCUT2D eigenvalue weighted by Crippen LogP contribution is -2.51. The summed E-state index contributed by atoms with van der Waals surface area (Å²) in [7, 11) is 3.24. The number of nitrogens with one attached hydrogen (secondary N) is 1. The summed E-state index contributed by atoms with van der Waals surface area (Å²) >= 11 is 0. The van der Waals surface area contributed by atoms with Crippen molar-refractivity contribution in [2.75, 3.05) is 40.4 Å². The van der Waals surface area contributed by atoms with E-state index in [0.29, 0.717) is 38.3 Å². The second kappa shape index (κ2) is 10.1. The van der Waals surface area contributed by atoms with Crippen molar-refractivity contribution in [3.05, 3.63) is 59.2 Å². The average Bonchev–Trinajstić information content (AvgIpc) is 2.79. The maximum Gasteiger partial charge on any atom is 0.416 e. The molecule has 0 spiro atoms. The first-order valence-corrected chi connectivity index (χ1v) is 10.4. The van der Waals surface area contributed by atoms with Gasteiger partial charge in [-0.3, -0.25) is 4.90 Å². The van der Waals surface area contributed by atoms with Crippen molar-refractivity contribution >= 4 is 6.03 Å². The summed E-state index contributed by atoms with van der Waals surface area (Å²) < 4.78 is 49.6. The Kier molecular flexibility index (Phi) is 7.50. The Morgan fingerprint density at radius 3 is 2.41 bits per heavy atom. The Hall–Kier alpha value is -2.94. The lowest BCUT2D eigenvalue weighted by molar-refractivity contribution is -0.137. The Labute approximate surface area is 185 Å². The third-order valence-corrected chi connectivity index (χ3v) is 5.59. The van der Waals surface area contributed by atoms with Gasteiger partial charge < -0.3 is 19.7 Å². The lowest BCUT2D eigenvalue weighted by Gasteiger charge is -2.35. The maximum absolute atomic E-state index is 13.0. The predicted octanol–water partition coefficient (Wildman–Crippen LogP) is 4.31. The summed E-state index contributed by atoms with van der Waals surface area (Å²) in [4.78, 5) is 16.6. The molecule has 1 N–H and O–H groups in total. The van der Waals surface area contributed by atoms with Gasteiger partial charge in [0.2, 0.25) is 0 Å². The SMILES string of the molecule is COc1ccc(OC)c(CN2CCN(C(=O)NC(C)c3cccc(C(F)(F)F)c3)CC2)c1. The van der Waals surface area contributed by atoms with Gasteiger partial charge in [0, 0.05) is 38.3 Å². The van der Waals surface area contributed by atoms with Gasteiger partial charge in [0.1, 0.15) is 11.5 Å². The first kappa shape index (κ1) is 23.7. The molecule has 1 heterocycles. The number of ether oxygens (including phenoxy) is 2. The molecule has 2 amide bonds. The van der Waals surface area contributed by atoms with Crippen molar-refractivity contribution in [3.8, 4) is 11.5 Å². The number of halogens is 3. The summed E-state index contributed by atoms with van der Waals surface area (Å²) in [5, 5.41) is 2.81. The van der Waals surface area contributed by atoms with E-state index in [2.05, 4.69) is 10.2 Å². The smallest absolute Gasteiger partial charge is 0.416 e. The number of nitrogens with zero attached hydrogens (tertiary/aromatic N) is 2. The molecule has 6 nitrogen and oxygen atoms in total. The number of urea groups is 1. The van der Waals surface area contributed by atoms with E-state index in [9.17, 15) is 18.0 Å². The van der Waals surface area contributed by atoms with Crippen molar-refractivity contribution in [1.82, 2.24) is 15.1 Å². The molecule has 0 aliphatic carbocycles. The maximum atomic E-state index is 13.0. The van der Waals surface area contributed by atoms with E-state index in [-0.39, 0.29) is 6.03 Å². The number of piperazine rings is 1. The van der Waals surface area contributed by atoms with Gasteiger partial charge in [-0.15, -0.1) is 0 Å². The van der Waals surface area contributed by atoms with E-state index in [1.54, 1.807) is 32.1 Å². The van der Waals surface area contributed by atoms with Gasteiger partial charge in [0.15, 0.2) is 0 Å². The van der Waals surface area contributed by atoms with Gasteiger partial charge in [-0.25, -0.2) is 4.79 Å². The Morgan fingerprint density at radius 1 is 1.06 bits per heavy atom. The number of hydrogen-bond acceptors (Lipinski definition) is 4. The second-order valence-electron chi connectivity index (χ2n) is 7.74. The van der Waals surface area contributed by atoms with Crippen LogP contribution in [0.2, 0.25) is 0 Å². The van der Waals surface area contributed by atoms with Crippen LogP contribution in [0.25, 0.3) is 0 Å². The van der Waals surface area contributed by atoms with Gasteiger partial charge >= 0.3 is 12.2 Å². The molecule has 0 aromatic heterocycles. The van der Waals surface area contributed by atoms with Crippen LogP contribution in [-0.4, -0.2) is 56.2 Å². The number of carbonyl (C=O) groups excluding carboxylic acids is 1. The van der Waals surface area contributed by atoms with Crippen molar-refractivity contribution in [3.63, 3.8) is 0 Å². The number of hydrogen-bond donors (Lipinski definition) is 1. The molecule has 32 heavy (non-hydrogen) atoms. The van der Waals surface area contributed by atoms with Crippen LogP contribution in [0.5, 0.6) is 11.5 Å². The zero-order chi connectivity index (χ0) is 23.3. The first-order valence-electron chi connectivity index (χ1n) is 10.4. The van der Waals surface area contributed by atoms with Crippen LogP contribution < -0.4 is 14.8 Å². The molecule has 1 fully saturated rings. The van der Waals surface area contributed by atoms with E-state index in [0.717, 1.165) is 29.2 Å². The molecule has 1 atom stereocenters. The van der Waals surface area contributed by atoms with Crippen LogP contribution in [0, 0.1) is 0 Å². The summed E-state index contributed by atoms with van der Waals surface area (Å²) in [5.74, 6) is 1.53. The molecule has 2 aromatic rings. The van der Waals surface area contributed by atoms with Crippen molar-refractivity contribution in [2.45, 2.75) is 25.7 Å². The molecule has 1 aliphatic heterocycles. The number of amides is 2. The van der Waals surface area contributed by atoms with Crippen molar-refractivity contribution in [2.24, 2.45) is 0 Å². The molecule has 1 aliphatic rings. The normalized spacial score (nSPS) is 15.9. The minimum atomic E-state index is -4.42. The molecular formula is C23H28F3N3O3. The predicted molar refractivity (Wildman–Crippen MR) is 115 cm³/mol. The van der Waals surface area contributed by atoms with E-state index in [4.69, 9.17) is 9.47 Å². The second-order valence-corrected chi connectivity index (χ2v) is 7.74. The number of benzene rings is 2. The van der Waals surface area contributed by atoms with Gasteiger partial charge in [-0.05, 0) is 42.8 Å². The van der Waals surface area contributed by atoms with Crippen molar-refractivity contribution < 1.29 is 27.4 Å². The molecule has 174 valence electrons. The van der Waals surface area contributed by atoms with Gasteiger partial charge in [-0.1, -0.05) is 12.1 Å².